The normalized spacial score (nSPS) is 23.7. The summed E-state index contributed by atoms with van der Waals surface area (Å²) in [5.41, 5.74) is 2.44. The molecule has 0 saturated heterocycles. The molecule has 4 rings (SSSR count). The number of anilines is 1. The van der Waals surface area contributed by atoms with Crippen molar-refractivity contribution in [1.82, 2.24) is 8.87 Å². The average Bonchev–Trinajstić information content (AvgIpc) is 3.13. The predicted octanol–water partition coefficient (Wildman–Crippen LogP) is 2.31. The fraction of sp³-hybridized carbons (Fsp3) is 0.353. The van der Waals surface area contributed by atoms with Crippen LogP contribution in [0.1, 0.15) is 37.1 Å². The lowest BCUT2D eigenvalue weighted by molar-refractivity contribution is -0.116. The van der Waals surface area contributed by atoms with Gasteiger partial charge in [0.1, 0.15) is 0 Å². The van der Waals surface area contributed by atoms with Crippen molar-refractivity contribution in [3.05, 3.63) is 47.8 Å². The van der Waals surface area contributed by atoms with Crippen molar-refractivity contribution < 1.29 is 13.2 Å². The zero-order valence-corrected chi connectivity index (χ0v) is 14.4. The zero-order valence-electron chi connectivity index (χ0n) is 13.6. The van der Waals surface area contributed by atoms with Crippen LogP contribution >= 0.6 is 0 Å². The lowest BCUT2D eigenvalue weighted by Gasteiger charge is -2.34. The molecule has 2 aromatic rings. The second kappa shape index (κ2) is 5.19. The molecule has 2 aliphatic heterocycles. The standard InChI is InChI=1S/C17H19N3O3S/c1-11-14-10-13(5-6-15(14)18-17(11)21)24(22,23)20-9-8-19-7-3-4-16(19)12(20)2/h3-7,10-12H,8-9H2,1-2H3,(H,18,21)/t11-,12-/m0/s1. The van der Waals surface area contributed by atoms with Gasteiger partial charge in [0, 0.05) is 30.7 Å². The van der Waals surface area contributed by atoms with Gasteiger partial charge in [-0.25, -0.2) is 8.42 Å². The predicted molar refractivity (Wildman–Crippen MR) is 90.2 cm³/mol. The Bertz CT molecular complexity index is 932. The molecule has 2 aliphatic rings. The first-order valence-electron chi connectivity index (χ1n) is 8.01. The Morgan fingerprint density at radius 3 is 2.75 bits per heavy atom. The quantitative estimate of drug-likeness (QED) is 0.908. The van der Waals surface area contributed by atoms with Crippen LogP contribution in [-0.4, -0.2) is 29.7 Å². The first kappa shape index (κ1) is 15.4. The van der Waals surface area contributed by atoms with Crippen molar-refractivity contribution in [2.24, 2.45) is 0 Å². The summed E-state index contributed by atoms with van der Waals surface area (Å²) in [5.74, 6) is -0.421. The second-order valence-electron chi connectivity index (χ2n) is 6.38. The second-order valence-corrected chi connectivity index (χ2v) is 8.27. The van der Waals surface area contributed by atoms with E-state index in [4.69, 9.17) is 0 Å². The van der Waals surface area contributed by atoms with Crippen LogP contribution in [0.5, 0.6) is 0 Å². The maximum atomic E-state index is 13.1. The van der Waals surface area contributed by atoms with E-state index in [0.717, 1.165) is 11.3 Å². The molecule has 126 valence electrons. The topological polar surface area (TPSA) is 71.4 Å². The van der Waals surface area contributed by atoms with Crippen molar-refractivity contribution in [3.63, 3.8) is 0 Å². The number of nitrogens with one attached hydrogen (secondary N) is 1. The van der Waals surface area contributed by atoms with Gasteiger partial charge in [-0.15, -0.1) is 0 Å². The summed E-state index contributed by atoms with van der Waals surface area (Å²) in [6.07, 6.45) is 1.98. The average molecular weight is 345 g/mol. The summed E-state index contributed by atoms with van der Waals surface area (Å²) in [4.78, 5) is 12.0. The number of fused-ring (bicyclic) bond motifs is 2. The molecule has 0 radical (unpaired) electrons. The van der Waals surface area contributed by atoms with Gasteiger partial charge in [0.25, 0.3) is 0 Å². The van der Waals surface area contributed by atoms with Crippen molar-refractivity contribution in [2.75, 3.05) is 11.9 Å². The van der Waals surface area contributed by atoms with Crippen LogP contribution in [0.3, 0.4) is 0 Å². The monoisotopic (exact) mass is 345 g/mol. The first-order valence-corrected chi connectivity index (χ1v) is 9.45. The Balaban J connectivity index is 1.73. The Morgan fingerprint density at radius 1 is 1.17 bits per heavy atom. The summed E-state index contributed by atoms with van der Waals surface area (Å²) < 4.78 is 29.9. The molecule has 6 nitrogen and oxygen atoms in total. The molecule has 0 unspecified atom stereocenters. The van der Waals surface area contributed by atoms with E-state index in [2.05, 4.69) is 9.88 Å². The molecule has 1 amide bonds. The Hall–Kier alpha value is -2.12. The van der Waals surface area contributed by atoms with Crippen molar-refractivity contribution in [2.45, 2.75) is 37.2 Å². The van der Waals surface area contributed by atoms with E-state index in [1.165, 1.54) is 0 Å². The fourth-order valence-electron chi connectivity index (χ4n) is 3.58. The summed E-state index contributed by atoms with van der Waals surface area (Å²) >= 11 is 0. The van der Waals surface area contributed by atoms with Gasteiger partial charge in [-0.3, -0.25) is 4.79 Å². The number of carbonyl (C=O) groups excluding carboxylic acids is 1. The van der Waals surface area contributed by atoms with Crippen LogP contribution in [0.2, 0.25) is 0 Å². The fourth-order valence-corrected chi connectivity index (χ4v) is 5.21. The molecular formula is C17H19N3O3S. The highest BCUT2D eigenvalue weighted by Crippen LogP contribution is 2.36. The summed E-state index contributed by atoms with van der Waals surface area (Å²) in [6, 6.07) is 8.57. The smallest absolute Gasteiger partial charge is 0.243 e. The number of rotatable bonds is 2. The van der Waals surface area contributed by atoms with Gasteiger partial charge in [-0.1, -0.05) is 0 Å². The Kier molecular flexibility index (Phi) is 3.33. The Morgan fingerprint density at radius 2 is 1.96 bits per heavy atom. The number of sulfonamides is 1. The van der Waals surface area contributed by atoms with Crippen molar-refractivity contribution in [3.8, 4) is 0 Å². The third-order valence-electron chi connectivity index (χ3n) is 5.03. The minimum atomic E-state index is -3.61. The first-order chi connectivity index (χ1) is 11.4. The lowest BCUT2D eigenvalue weighted by Crippen LogP contribution is -2.40. The van der Waals surface area contributed by atoms with E-state index < -0.39 is 10.0 Å². The maximum Gasteiger partial charge on any atom is 0.243 e. The van der Waals surface area contributed by atoms with E-state index in [1.807, 2.05) is 25.3 Å². The number of nitrogens with zero attached hydrogens (tertiary/aromatic N) is 2. The number of carbonyl (C=O) groups is 1. The molecule has 2 atom stereocenters. The van der Waals surface area contributed by atoms with Crippen LogP contribution in [0, 0.1) is 0 Å². The number of hydrogen-bond acceptors (Lipinski definition) is 3. The van der Waals surface area contributed by atoms with Crippen LogP contribution < -0.4 is 5.32 Å². The van der Waals surface area contributed by atoms with E-state index in [-0.39, 0.29) is 22.8 Å². The lowest BCUT2D eigenvalue weighted by atomic mass is 10.0. The van der Waals surface area contributed by atoms with E-state index >= 15 is 0 Å². The molecule has 0 saturated carbocycles. The molecule has 7 heteroatoms. The molecule has 1 aromatic heterocycles. The summed E-state index contributed by atoms with van der Waals surface area (Å²) in [6.45, 7) is 4.78. The highest BCUT2D eigenvalue weighted by atomic mass is 32.2. The third kappa shape index (κ3) is 2.12. The highest BCUT2D eigenvalue weighted by molar-refractivity contribution is 7.89. The van der Waals surface area contributed by atoms with Gasteiger partial charge in [-0.2, -0.15) is 4.31 Å². The van der Waals surface area contributed by atoms with Gasteiger partial charge in [0.15, 0.2) is 0 Å². The third-order valence-corrected chi connectivity index (χ3v) is 7.00. The maximum absolute atomic E-state index is 13.1. The van der Waals surface area contributed by atoms with Crippen molar-refractivity contribution >= 4 is 21.6 Å². The minimum absolute atomic E-state index is 0.0938. The molecule has 0 bridgehead atoms. The molecule has 3 heterocycles. The SMILES string of the molecule is C[C@@H]1C(=O)Nc2ccc(S(=O)(=O)N3CCn4cccc4[C@@H]3C)cc21. The summed E-state index contributed by atoms with van der Waals surface area (Å²) in [7, 11) is -3.61. The molecule has 0 spiro atoms. The number of benzene rings is 1. The Labute approximate surface area is 141 Å². The highest BCUT2D eigenvalue weighted by Gasteiger charge is 2.35. The van der Waals surface area contributed by atoms with E-state index in [1.54, 1.807) is 29.4 Å². The minimum Gasteiger partial charge on any atom is -0.349 e. The van der Waals surface area contributed by atoms with E-state index in [0.29, 0.717) is 18.8 Å². The van der Waals surface area contributed by atoms with Gasteiger partial charge in [-0.05, 0) is 49.7 Å². The van der Waals surface area contributed by atoms with Crippen molar-refractivity contribution in [1.29, 1.82) is 0 Å². The number of amides is 1. The van der Waals surface area contributed by atoms with E-state index in [9.17, 15) is 13.2 Å². The van der Waals surface area contributed by atoms with Crippen LogP contribution in [0.4, 0.5) is 5.69 Å². The zero-order chi connectivity index (χ0) is 17.1. The number of hydrogen-bond donors (Lipinski definition) is 1. The van der Waals surface area contributed by atoms with Gasteiger partial charge in [0.2, 0.25) is 15.9 Å². The van der Waals surface area contributed by atoms with Gasteiger partial charge in [0.05, 0.1) is 16.9 Å². The van der Waals surface area contributed by atoms with Gasteiger partial charge < -0.3 is 9.88 Å². The van der Waals surface area contributed by atoms with Crippen LogP contribution in [0.15, 0.2) is 41.4 Å². The molecular weight excluding hydrogens is 326 g/mol. The van der Waals surface area contributed by atoms with Crippen LogP contribution in [-0.2, 0) is 21.4 Å². The van der Waals surface area contributed by atoms with Crippen LogP contribution in [0.25, 0.3) is 0 Å². The molecule has 1 N–H and O–H groups in total. The molecule has 1 aromatic carbocycles. The number of aromatic nitrogens is 1. The molecule has 0 aliphatic carbocycles. The molecule has 24 heavy (non-hydrogen) atoms. The van der Waals surface area contributed by atoms with Gasteiger partial charge >= 0.3 is 0 Å². The molecule has 0 fully saturated rings. The largest absolute Gasteiger partial charge is 0.349 e. The summed E-state index contributed by atoms with van der Waals surface area (Å²) in [5, 5.41) is 2.77.